The summed E-state index contributed by atoms with van der Waals surface area (Å²) in [5, 5.41) is 21.3. The van der Waals surface area contributed by atoms with Gasteiger partial charge in [-0.05, 0) is 12.8 Å². The molecule has 0 unspecified atom stereocenters. The van der Waals surface area contributed by atoms with Crippen LogP contribution in [0.15, 0.2) is 0 Å². The fourth-order valence-electron chi connectivity index (χ4n) is 5.68. The first-order valence-corrected chi connectivity index (χ1v) is 17.8. The van der Waals surface area contributed by atoms with Crippen LogP contribution in [0.25, 0.3) is 0 Å². The lowest BCUT2D eigenvalue weighted by Crippen LogP contribution is -2.60. The molecule has 8 heteroatoms. The number of aliphatic hydroxyl groups is 2. The summed E-state index contributed by atoms with van der Waals surface area (Å²) >= 11 is 0. The van der Waals surface area contributed by atoms with Gasteiger partial charge in [0.25, 0.3) is 0 Å². The van der Waals surface area contributed by atoms with Crippen molar-refractivity contribution in [1.82, 2.24) is 0 Å². The number of carbonyl (C=O) groups is 2. The predicted molar refractivity (Wildman–Crippen MR) is 171 cm³/mol. The van der Waals surface area contributed by atoms with Crippen LogP contribution in [0.5, 0.6) is 0 Å². The molecule has 1 rings (SSSR count). The van der Waals surface area contributed by atoms with Crippen molar-refractivity contribution in [3.8, 4) is 0 Å². The van der Waals surface area contributed by atoms with Gasteiger partial charge >= 0.3 is 11.9 Å². The average Bonchev–Trinajstić information content (AvgIpc) is 3.00. The van der Waals surface area contributed by atoms with Crippen molar-refractivity contribution < 1.29 is 38.7 Å². The zero-order valence-corrected chi connectivity index (χ0v) is 27.9. The van der Waals surface area contributed by atoms with Gasteiger partial charge in [0.15, 0.2) is 12.4 Å². The van der Waals surface area contributed by atoms with Crippen LogP contribution in [0.2, 0.25) is 0 Å². The smallest absolute Gasteiger partial charge is 0.306 e. The third-order valence-corrected chi connectivity index (χ3v) is 8.52. The van der Waals surface area contributed by atoms with Crippen LogP contribution in [-0.2, 0) is 28.5 Å². The van der Waals surface area contributed by atoms with Gasteiger partial charge < -0.3 is 29.2 Å². The third kappa shape index (κ3) is 19.7. The molecule has 1 heterocycles. The summed E-state index contributed by atoms with van der Waals surface area (Å²) in [6.07, 6.45) is 20.9. The molecule has 1 fully saturated rings. The van der Waals surface area contributed by atoms with Crippen molar-refractivity contribution >= 4 is 11.9 Å². The van der Waals surface area contributed by atoms with E-state index < -0.39 is 36.7 Å². The fraction of sp³-hybridized carbons (Fsp3) is 0.943. The van der Waals surface area contributed by atoms with E-state index in [2.05, 4.69) is 13.8 Å². The number of aliphatic hydroxyl groups excluding tert-OH is 2. The minimum Gasteiger partial charge on any atom is -0.463 e. The first-order chi connectivity index (χ1) is 20.9. The maximum atomic E-state index is 12.4. The maximum absolute atomic E-state index is 12.4. The number of unbranched alkanes of at least 4 members (excludes halogenated alkanes) is 20. The molecular weight excluding hydrogens is 548 g/mol. The Labute approximate surface area is 263 Å². The van der Waals surface area contributed by atoms with Crippen LogP contribution in [0.4, 0.5) is 0 Å². The molecule has 0 radical (unpaired) electrons. The maximum Gasteiger partial charge on any atom is 0.306 e. The molecular formula is C35H66O8. The van der Waals surface area contributed by atoms with Crippen molar-refractivity contribution in [3.05, 3.63) is 0 Å². The molecule has 0 amide bonds. The summed E-state index contributed by atoms with van der Waals surface area (Å²) in [7, 11) is 1.38. The minimum absolute atomic E-state index is 0.200. The highest BCUT2D eigenvalue weighted by Gasteiger charge is 2.47. The Morgan fingerprint density at radius 1 is 0.581 bits per heavy atom. The monoisotopic (exact) mass is 614 g/mol. The van der Waals surface area contributed by atoms with Gasteiger partial charge in [0.1, 0.15) is 24.9 Å². The minimum atomic E-state index is -1.41. The van der Waals surface area contributed by atoms with E-state index in [1.165, 1.54) is 110 Å². The molecule has 0 aliphatic carbocycles. The van der Waals surface area contributed by atoms with E-state index in [-0.39, 0.29) is 19.0 Å². The molecule has 1 aliphatic heterocycles. The molecule has 1 saturated heterocycles. The molecule has 5 atom stereocenters. The van der Waals surface area contributed by atoms with Crippen molar-refractivity contribution in [2.75, 3.05) is 13.7 Å². The zero-order valence-electron chi connectivity index (χ0n) is 27.9. The zero-order chi connectivity index (χ0) is 31.5. The highest BCUT2D eigenvalue weighted by Crippen LogP contribution is 2.25. The van der Waals surface area contributed by atoms with Gasteiger partial charge in [-0.2, -0.15) is 0 Å². The normalized spacial score (nSPS) is 22.0. The SMILES string of the molecule is CCCCCCCCCCCCCC(=O)OC[C@H]1O[C@@H](OC)[C@H](OC(=O)CCCCCCCCCCCCC)[C@@H](O)[C@@H]1O. The molecule has 0 spiro atoms. The van der Waals surface area contributed by atoms with Crippen molar-refractivity contribution in [2.24, 2.45) is 0 Å². The van der Waals surface area contributed by atoms with Crippen LogP contribution in [-0.4, -0.2) is 66.6 Å². The lowest BCUT2D eigenvalue weighted by molar-refractivity contribution is -0.298. The number of esters is 2. The summed E-state index contributed by atoms with van der Waals surface area (Å²) < 4.78 is 21.8. The highest BCUT2D eigenvalue weighted by atomic mass is 16.7. The average molecular weight is 615 g/mol. The lowest BCUT2D eigenvalue weighted by Gasteiger charge is -2.41. The van der Waals surface area contributed by atoms with E-state index in [4.69, 9.17) is 18.9 Å². The largest absolute Gasteiger partial charge is 0.463 e. The number of rotatable bonds is 28. The standard InChI is InChI=1S/C35H66O8/c1-4-6-8-10-12-14-16-18-20-22-24-26-30(36)41-28-29-32(38)33(39)34(35(40-3)42-29)43-31(37)27-25-23-21-19-17-15-13-11-9-7-5-2/h29,32-35,38-39H,4-28H2,1-3H3/t29-,32-,33+,34-,35-/m1/s1. The van der Waals surface area contributed by atoms with E-state index in [9.17, 15) is 19.8 Å². The summed E-state index contributed by atoms with van der Waals surface area (Å²) in [5.74, 6) is -0.801. The van der Waals surface area contributed by atoms with Gasteiger partial charge in [0.2, 0.25) is 0 Å². The second-order valence-electron chi connectivity index (χ2n) is 12.5. The molecule has 43 heavy (non-hydrogen) atoms. The predicted octanol–water partition coefficient (Wildman–Crippen LogP) is 7.94. The third-order valence-electron chi connectivity index (χ3n) is 8.52. The van der Waals surface area contributed by atoms with Crippen LogP contribution < -0.4 is 0 Å². The molecule has 0 bridgehead atoms. The van der Waals surface area contributed by atoms with E-state index in [1.54, 1.807) is 0 Å². The summed E-state index contributed by atoms with van der Waals surface area (Å²) in [5.41, 5.74) is 0. The van der Waals surface area contributed by atoms with E-state index in [0.717, 1.165) is 38.5 Å². The Kier molecular flexibility index (Phi) is 25.1. The number of hydrogen-bond acceptors (Lipinski definition) is 8. The van der Waals surface area contributed by atoms with Crippen molar-refractivity contribution in [1.29, 1.82) is 0 Å². The van der Waals surface area contributed by atoms with Crippen LogP contribution in [0.3, 0.4) is 0 Å². The number of carbonyl (C=O) groups excluding carboxylic acids is 2. The van der Waals surface area contributed by atoms with Gasteiger partial charge in [-0.3, -0.25) is 9.59 Å². The van der Waals surface area contributed by atoms with Crippen molar-refractivity contribution in [3.63, 3.8) is 0 Å². The summed E-state index contributed by atoms with van der Waals surface area (Å²) in [6.45, 7) is 4.27. The molecule has 254 valence electrons. The molecule has 8 nitrogen and oxygen atoms in total. The van der Waals surface area contributed by atoms with Gasteiger partial charge in [0, 0.05) is 20.0 Å². The van der Waals surface area contributed by atoms with E-state index in [1.807, 2.05) is 0 Å². The first kappa shape index (κ1) is 39.8. The fourth-order valence-corrected chi connectivity index (χ4v) is 5.68. The first-order valence-electron chi connectivity index (χ1n) is 17.8. The second-order valence-corrected chi connectivity index (χ2v) is 12.5. The summed E-state index contributed by atoms with van der Waals surface area (Å²) in [4.78, 5) is 24.7. The molecule has 1 aliphatic rings. The molecule has 2 N–H and O–H groups in total. The molecule has 0 aromatic carbocycles. The summed E-state index contributed by atoms with van der Waals surface area (Å²) in [6, 6.07) is 0. The second kappa shape index (κ2) is 27.1. The Bertz CT molecular complexity index is 668. The Morgan fingerprint density at radius 2 is 0.977 bits per heavy atom. The van der Waals surface area contributed by atoms with E-state index in [0.29, 0.717) is 6.42 Å². The Hall–Kier alpha value is -1.22. The lowest BCUT2D eigenvalue weighted by atomic mass is 9.99. The van der Waals surface area contributed by atoms with Gasteiger partial charge in [-0.1, -0.05) is 142 Å². The molecule has 0 aromatic heterocycles. The molecule has 0 saturated carbocycles. The van der Waals surface area contributed by atoms with E-state index >= 15 is 0 Å². The van der Waals surface area contributed by atoms with Crippen LogP contribution in [0, 0.1) is 0 Å². The number of ether oxygens (including phenoxy) is 4. The Morgan fingerprint density at radius 3 is 1.40 bits per heavy atom. The van der Waals surface area contributed by atoms with Crippen LogP contribution >= 0.6 is 0 Å². The van der Waals surface area contributed by atoms with Gasteiger partial charge in [0.05, 0.1) is 0 Å². The van der Waals surface area contributed by atoms with Gasteiger partial charge in [-0.15, -0.1) is 0 Å². The highest BCUT2D eigenvalue weighted by molar-refractivity contribution is 5.69. The number of methoxy groups -OCH3 is 1. The molecule has 0 aromatic rings. The Balaban J connectivity index is 2.18. The topological polar surface area (TPSA) is 112 Å². The van der Waals surface area contributed by atoms with Crippen molar-refractivity contribution in [2.45, 2.75) is 199 Å². The van der Waals surface area contributed by atoms with Crippen LogP contribution in [0.1, 0.15) is 168 Å². The van der Waals surface area contributed by atoms with Gasteiger partial charge in [-0.25, -0.2) is 0 Å². The number of hydrogen-bond donors (Lipinski definition) is 2. The quantitative estimate of drug-likeness (QED) is 0.0675.